The molecule has 0 aliphatic heterocycles. The summed E-state index contributed by atoms with van der Waals surface area (Å²) in [6.07, 6.45) is 7.30. The van der Waals surface area contributed by atoms with Gasteiger partial charge >= 0.3 is 0 Å². The molecule has 1 unspecified atom stereocenters. The van der Waals surface area contributed by atoms with Crippen molar-refractivity contribution in [3.63, 3.8) is 0 Å². The van der Waals surface area contributed by atoms with E-state index in [2.05, 4.69) is 28.0 Å². The maximum atomic E-state index is 9.48. The molecule has 0 aliphatic carbocycles. The molecule has 2 heterocycles. The fraction of sp³-hybridized carbons (Fsp3) is 0.462. The number of aromatic nitrogens is 3. The number of aliphatic hydroxyl groups is 1. The topological polar surface area (TPSA) is 43.0 Å². The van der Waals surface area contributed by atoms with E-state index in [-0.39, 0.29) is 0 Å². The average molecular weight is 233 g/mol. The van der Waals surface area contributed by atoms with Crippen molar-refractivity contribution in [2.45, 2.75) is 39.5 Å². The lowest BCUT2D eigenvalue weighted by atomic mass is 10.2. The largest absolute Gasteiger partial charge is 0.389 e. The monoisotopic (exact) mass is 233 g/mol. The van der Waals surface area contributed by atoms with Crippen LogP contribution in [0, 0.1) is 0 Å². The van der Waals surface area contributed by atoms with Gasteiger partial charge in [0.25, 0.3) is 0 Å². The molecule has 1 atom stereocenters. The van der Waals surface area contributed by atoms with Crippen molar-refractivity contribution in [3.05, 3.63) is 42.2 Å². The molecule has 0 bridgehead atoms. The first-order chi connectivity index (χ1) is 8.08. The van der Waals surface area contributed by atoms with Gasteiger partial charge in [-0.15, -0.1) is 0 Å². The first-order valence-electron chi connectivity index (χ1n) is 5.92. The van der Waals surface area contributed by atoms with Crippen molar-refractivity contribution in [3.8, 4) is 0 Å². The van der Waals surface area contributed by atoms with E-state index in [1.165, 1.54) is 5.69 Å². The molecular weight excluding hydrogens is 214 g/mol. The number of imidazole rings is 1. The van der Waals surface area contributed by atoms with Gasteiger partial charge in [-0.2, -0.15) is 0 Å². The number of rotatable bonds is 4. The standard InChI is InChI=1S/C13H19N3O/c1-10(2)16-9-14-6-13(16)8-15-5-4-12(7-15)11(3)17/h4-7,9-11,17H,8H2,1-3H3. The van der Waals surface area contributed by atoms with Crippen LogP contribution >= 0.6 is 0 Å². The van der Waals surface area contributed by atoms with Crippen molar-refractivity contribution >= 4 is 0 Å². The SMILES string of the molecule is CC(O)c1ccn(Cc2cncn2C(C)C)c1. The predicted octanol–water partition coefficient (Wildman–Crippen LogP) is 2.37. The highest BCUT2D eigenvalue weighted by atomic mass is 16.3. The molecule has 0 fully saturated rings. The lowest BCUT2D eigenvalue weighted by Gasteiger charge is -2.12. The minimum Gasteiger partial charge on any atom is -0.389 e. The molecule has 2 aromatic heterocycles. The fourth-order valence-electron chi connectivity index (χ4n) is 1.91. The van der Waals surface area contributed by atoms with Gasteiger partial charge in [0.05, 0.1) is 24.7 Å². The lowest BCUT2D eigenvalue weighted by Crippen LogP contribution is -2.07. The summed E-state index contributed by atoms with van der Waals surface area (Å²) in [5.41, 5.74) is 2.12. The van der Waals surface area contributed by atoms with Gasteiger partial charge < -0.3 is 14.2 Å². The number of aliphatic hydroxyl groups excluding tert-OH is 1. The van der Waals surface area contributed by atoms with Crippen LogP contribution in [-0.4, -0.2) is 19.2 Å². The number of hydrogen-bond donors (Lipinski definition) is 1. The second-order valence-corrected chi connectivity index (χ2v) is 4.68. The van der Waals surface area contributed by atoms with Crippen LogP contribution in [0.2, 0.25) is 0 Å². The Bertz CT molecular complexity index is 482. The maximum absolute atomic E-state index is 9.48. The molecule has 0 aromatic carbocycles. The van der Waals surface area contributed by atoms with Crippen LogP contribution in [0.15, 0.2) is 31.0 Å². The zero-order valence-corrected chi connectivity index (χ0v) is 10.5. The first-order valence-corrected chi connectivity index (χ1v) is 5.92. The smallest absolute Gasteiger partial charge is 0.0951 e. The molecular formula is C13H19N3O. The van der Waals surface area contributed by atoms with E-state index in [0.717, 1.165) is 12.1 Å². The van der Waals surface area contributed by atoms with Crippen molar-refractivity contribution in [2.75, 3.05) is 0 Å². The Hall–Kier alpha value is -1.55. The molecule has 0 spiro atoms. The first kappa shape index (κ1) is 11.9. The summed E-state index contributed by atoms with van der Waals surface area (Å²) in [6, 6.07) is 2.36. The minimum absolute atomic E-state index is 0.411. The second kappa shape index (κ2) is 4.75. The van der Waals surface area contributed by atoms with Crippen molar-refractivity contribution in [2.24, 2.45) is 0 Å². The molecule has 0 aliphatic rings. The molecule has 2 rings (SSSR count). The highest BCUT2D eigenvalue weighted by molar-refractivity contribution is 5.14. The lowest BCUT2D eigenvalue weighted by molar-refractivity contribution is 0.199. The quantitative estimate of drug-likeness (QED) is 0.881. The van der Waals surface area contributed by atoms with Gasteiger partial charge in [0.2, 0.25) is 0 Å². The summed E-state index contributed by atoms with van der Waals surface area (Å²) in [5, 5.41) is 9.48. The third-order valence-electron chi connectivity index (χ3n) is 2.90. The number of nitrogens with zero attached hydrogens (tertiary/aromatic N) is 3. The summed E-state index contributed by atoms with van der Waals surface area (Å²) >= 11 is 0. The average Bonchev–Trinajstić information content (AvgIpc) is 2.86. The van der Waals surface area contributed by atoms with Crippen LogP contribution in [0.3, 0.4) is 0 Å². The van der Waals surface area contributed by atoms with Gasteiger partial charge in [-0.1, -0.05) is 0 Å². The third-order valence-corrected chi connectivity index (χ3v) is 2.90. The Balaban J connectivity index is 2.17. The maximum Gasteiger partial charge on any atom is 0.0951 e. The van der Waals surface area contributed by atoms with Crippen LogP contribution in [-0.2, 0) is 6.54 Å². The fourth-order valence-corrected chi connectivity index (χ4v) is 1.91. The molecule has 0 saturated carbocycles. The van der Waals surface area contributed by atoms with E-state index in [4.69, 9.17) is 0 Å². The highest BCUT2D eigenvalue weighted by Gasteiger charge is 2.07. The summed E-state index contributed by atoms with van der Waals surface area (Å²) in [4.78, 5) is 4.18. The molecule has 0 radical (unpaired) electrons. The van der Waals surface area contributed by atoms with Crippen molar-refractivity contribution in [1.82, 2.24) is 14.1 Å². The van der Waals surface area contributed by atoms with Crippen molar-refractivity contribution in [1.29, 1.82) is 0 Å². The molecule has 4 heteroatoms. The van der Waals surface area contributed by atoms with Gasteiger partial charge in [-0.25, -0.2) is 4.98 Å². The third kappa shape index (κ3) is 2.58. The summed E-state index contributed by atoms with van der Waals surface area (Å²) in [5.74, 6) is 0. The Kier molecular flexibility index (Phi) is 3.33. The highest BCUT2D eigenvalue weighted by Crippen LogP contribution is 2.15. The summed E-state index contributed by atoms with van der Waals surface area (Å²) < 4.78 is 4.22. The zero-order valence-electron chi connectivity index (χ0n) is 10.5. The van der Waals surface area contributed by atoms with Gasteiger partial charge in [-0.05, 0) is 32.4 Å². The van der Waals surface area contributed by atoms with E-state index >= 15 is 0 Å². The summed E-state index contributed by atoms with van der Waals surface area (Å²) in [6.45, 7) is 6.84. The molecule has 2 aromatic rings. The Morgan fingerprint density at radius 3 is 2.71 bits per heavy atom. The number of hydrogen-bond acceptors (Lipinski definition) is 2. The van der Waals surface area contributed by atoms with Gasteiger partial charge in [0.15, 0.2) is 0 Å². The zero-order chi connectivity index (χ0) is 12.4. The van der Waals surface area contributed by atoms with Gasteiger partial charge in [0, 0.05) is 24.6 Å². The van der Waals surface area contributed by atoms with Crippen molar-refractivity contribution < 1.29 is 5.11 Å². The van der Waals surface area contributed by atoms with E-state index in [1.807, 2.05) is 31.0 Å². The Labute approximate surface area is 102 Å². The Morgan fingerprint density at radius 2 is 2.12 bits per heavy atom. The summed E-state index contributed by atoms with van der Waals surface area (Å²) in [7, 11) is 0. The molecule has 92 valence electrons. The minimum atomic E-state index is -0.411. The normalized spacial score (nSPS) is 13.2. The molecule has 4 nitrogen and oxygen atoms in total. The van der Waals surface area contributed by atoms with E-state index < -0.39 is 6.10 Å². The van der Waals surface area contributed by atoms with Crippen LogP contribution < -0.4 is 0 Å². The van der Waals surface area contributed by atoms with E-state index in [1.54, 1.807) is 6.92 Å². The molecule has 0 amide bonds. The van der Waals surface area contributed by atoms with Crippen LogP contribution in [0.1, 0.15) is 44.2 Å². The Morgan fingerprint density at radius 1 is 1.35 bits per heavy atom. The van der Waals surface area contributed by atoms with E-state index in [9.17, 15) is 5.11 Å². The van der Waals surface area contributed by atoms with Crippen LogP contribution in [0.5, 0.6) is 0 Å². The van der Waals surface area contributed by atoms with Gasteiger partial charge in [0.1, 0.15) is 0 Å². The van der Waals surface area contributed by atoms with E-state index in [0.29, 0.717) is 6.04 Å². The second-order valence-electron chi connectivity index (χ2n) is 4.68. The molecule has 0 saturated heterocycles. The predicted molar refractivity (Wildman–Crippen MR) is 66.8 cm³/mol. The molecule has 1 N–H and O–H groups in total. The van der Waals surface area contributed by atoms with Crippen LogP contribution in [0.4, 0.5) is 0 Å². The molecule has 17 heavy (non-hydrogen) atoms. The van der Waals surface area contributed by atoms with Gasteiger partial charge in [-0.3, -0.25) is 0 Å². The van der Waals surface area contributed by atoms with Crippen LogP contribution in [0.25, 0.3) is 0 Å².